The molecule has 0 atom stereocenters. The van der Waals surface area contributed by atoms with E-state index in [1.54, 1.807) is 6.07 Å². The minimum Gasteiger partial charge on any atom is -0.418 e. The molecule has 0 radical (unpaired) electrons. The molecule has 24 heavy (non-hydrogen) atoms. The predicted octanol–water partition coefficient (Wildman–Crippen LogP) is 5.69. The molecule has 0 unspecified atom stereocenters. The molecular weight excluding hydrogens is 442 g/mol. The van der Waals surface area contributed by atoms with Crippen molar-refractivity contribution < 1.29 is 51.8 Å². The summed E-state index contributed by atoms with van der Waals surface area (Å²) in [6.07, 6.45) is 0. The Morgan fingerprint density at radius 3 is 0.833 bits per heavy atom. The Morgan fingerprint density at radius 1 is 0.542 bits per heavy atom. The second kappa shape index (κ2) is 13.0. The predicted molar refractivity (Wildman–Crippen MR) is 72.4 cm³/mol. The van der Waals surface area contributed by atoms with Gasteiger partial charge in [-0.3, -0.25) is 0 Å². The van der Waals surface area contributed by atoms with Gasteiger partial charge in [0.2, 0.25) is 0 Å². The summed E-state index contributed by atoms with van der Waals surface area (Å²) in [4.78, 5) is 0. The molecule has 0 nitrogen and oxygen atoms in total. The summed E-state index contributed by atoms with van der Waals surface area (Å²) < 4.78 is 118. The summed E-state index contributed by atoms with van der Waals surface area (Å²) in [6, 6.07) is 5.65. The van der Waals surface area contributed by atoms with Crippen molar-refractivity contribution in [2.24, 2.45) is 0 Å². The van der Waals surface area contributed by atoms with Crippen LogP contribution in [0, 0.1) is 0 Å². The van der Waals surface area contributed by atoms with E-state index in [2.05, 4.69) is 0 Å². The molecule has 0 fully saturated rings. The van der Waals surface area contributed by atoms with Gasteiger partial charge in [-0.15, -0.1) is 0 Å². The van der Waals surface area contributed by atoms with Crippen LogP contribution < -0.4 is -0.342 Å². The van der Waals surface area contributed by atoms with Crippen LogP contribution in [0.2, 0.25) is 10.0 Å². The molecule has 0 heterocycles. The van der Waals surface area contributed by atoms with E-state index in [0.717, 1.165) is 10.0 Å². The van der Waals surface area contributed by atoms with Crippen LogP contribution in [0.15, 0.2) is 18.2 Å². The first-order valence-electron chi connectivity index (χ1n) is 5.23. The number of benzene rings is 1. The van der Waals surface area contributed by atoms with Gasteiger partial charge in [0.15, 0.2) is 0 Å². The molecule has 0 bridgehead atoms. The van der Waals surface area contributed by atoms with Crippen LogP contribution in [0.4, 0.5) is 51.8 Å². The standard InChI is InChI=1S/C6H3Cl2.3BF4.K/c7-5-2-1-3-6(8)4-5;3*2-1(3,4)5;/h2-4H;;;;/q;3*-1;. The zero-order valence-electron chi connectivity index (χ0n) is 11.3. The van der Waals surface area contributed by atoms with Crippen molar-refractivity contribution in [1.29, 1.82) is 0 Å². The van der Waals surface area contributed by atoms with Crippen molar-refractivity contribution >= 4 is 93.6 Å². The summed E-state index contributed by atoms with van der Waals surface area (Å²) in [6.45, 7) is 0. The zero-order chi connectivity index (χ0) is 20.4. The van der Waals surface area contributed by atoms with Gasteiger partial charge in [-0.25, -0.2) is 0 Å². The van der Waals surface area contributed by atoms with Crippen molar-refractivity contribution in [3.8, 4) is 0 Å². The summed E-state index contributed by atoms with van der Waals surface area (Å²) in [5, 5.41) is 1.48. The Labute approximate surface area is 172 Å². The first kappa shape index (κ1) is 29.6. The molecular formula is C6H3B3Cl2F12K-3. The fourth-order valence-electron chi connectivity index (χ4n) is 0.692. The van der Waals surface area contributed by atoms with Crippen LogP contribution in [0.1, 0.15) is 0 Å². The Balaban J connectivity index is -0.000000259. The number of halogens is 14. The van der Waals surface area contributed by atoms with Gasteiger partial charge in [0.1, 0.15) is 0 Å². The minimum absolute atomic E-state index is 0.668. The average Bonchev–Trinajstić information content (AvgIpc) is 2.04. The van der Waals surface area contributed by atoms with E-state index in [-0.39, 0.29) is 0 Å². The van der Waals surface area contributed by atoms with E-state index in [1.807, 2.05) is 12.1 Å². The third kappa shape index (κ3) is 66.1. The second-order valence-electron chi connectivity index (χ2n) is 3.43. The molecule has 0 aliphatic heterocycles. The molecule has 0 amide bonds. The molecule has 0 aliphatic carbocycles. The fourth-order valence-corrected chi connectivity index (χ4v) is 2.87. The van der Waals surface area contributed by atoms with E-state index >= 15 is 0 Å². The van der Waals surface area contributed by atoms with Crippen molar-refractivity contribution in [3.63, 3.8) is 0 Å². The molecule has 18 heteroatoms. The topological polar surface area (TPSA) is 0 Å². The summed E-state index contributed by atoms with van der Waals surface area (Å²) >= 11 is 12.1. The summed E-state index contributed by atoms with van der Waals surface area (Å²) in [7, 11) is -18.0. The SMILES string of the molecule is Clc1cc(Cl)c[c]([K])c1.F[B-](F)(F)F.F[B-](F)(F)F.F[B-](F)(F)F. The van der Waals surface area contributed by atoms with E-state index in [0.29, 0.717) is 49.0 Å². The third-order valence-corrected chi connectivity index (χ3v) is 2.34. The van der Waals surface area contributed by atoms with Gasteiger partial charge in [0.25, 0.3) is 0 Å². The number of rotatable bonds is 0. The molecule has 0 N–H and O–H groups in total. The van der Waals surface area contributed by atoms with E-state index < -0.39 is 21.8 Å². The van der Waals surface area contributed by atoms with E-state index in [1.165, 1.54) is -0.342 Å². The molecule has 1 aromatic rings. The third-order valence-electron chi connectivity index (χ3n) is 1.01. The maximum Gasteiger partial charge on any atom is 0.673 e. The van der Waals surface area contributed by atoms with E-state index in [9.17, 15) is 51.8 Å². The van der Waals surface area contributed by atoms with Crippen LogP contribution in [0.3, 0.4) is 0 Å². The van der Waals surface area contributed by atoms with Gasteiger partial charge in [-0.2, -0.15) is 0 Å². The monoisotopic (exact) mass is 445 g/mol. The quantitative estimate of drug-likeness (QED) is 0.356. The van der Waals surface area contributed by atoms with Crippen molar-refractivity contribution in [2.45, 2.75) is 0 Å². The van der Waals surface area contributed by atoms with Crippen LogP contribution in [0.5, 0.6) is 0 Å². The zero-order valence-corrected chi connectivity index (χ0v) is 15.9. The van der Waals surface area contributed by atoms with Crippen LogP contribution in [-0.4, -0.2) is 70.7 Å². The first-order valence-corrected chi connectivity index (χ1v) is 7.55. The molecule has 0 saturated heterocycles. The van der Waals surface area contributed by atoms with Crippen LogP contribution >= 0.6 is 23.2 Å². The molecule has 138 valence electrons. The molecule has 1 rings (SSSR count). The van der Waals surface area contributed by atoms with Crippen molar-refractivity contribution in [3.05, 3.63) is 28.2 Å². The smallest absolute Gasteiger partial charge is 0.418 e. The Morgan fingerprint density at radius 2 is 0.708 bits per heavy atom. The van der Waals surface area contributed by atoms with Gasteiger partial charge >= 0.3 is 122 Å². The Bertz CT molecular complexity index is 365. The molecule has 0 spiro atoms. The maximum atomic E-state index is 9.75. The molecule has 0 saturated carbocycles. The van der Waals surface area contributed by atoms with Crippen molar-refractivity contribution in [1.82, 2.24) is 0 Å². The number of hydrogen-bond donors (Lipinski definition) is 0. The minimum atomic E-state index is -6.00. The van der Waals surface area contributed by atoms with Crippen molar-refractivity contribution in [2.75, 3.05) is 0 Å². The molecule has 1 aromatic carbocycles. The van der Waals surface area contributed by atoms with Gasteiger partial charge in [-0.05, 0) is 0 Å². The normalized spacial score (nSPS) is 11.2. The molecule has 0 aromatic heterocycles. The maximum absolute atomic E-state index is 9.75. The largest absolute Gasteiger partial charge is 0.673 e. The van der Waals surface area contributed by atoms with Gasteiger partial charge < -0.3 is 51.8 Å². The fraction of sp³-hybridized carbons (Fsp3) is 0. The number of hydrogen-bond acceptors (Lipinski definition) is 0. The summed E-state index contributed by atoms with van der Waals surface area (Å²) in [5.41, 5.74) is 0. The second-order valence-corrected chi connectivity index (χ2v) is 6.11. The van der Waals surface area contributed by atoms with E-state index in [4.69, 9.17) is 23.2 Å². The van der Waals surface area contributed by atoms with Gasteiger partial charge in [0, 0.05) is 0 Å². The van der Waals surface area contributed by atoms with Gasteiger partial charge in [0.05, 0.1) is 0 Å². The van der Waals surface area contributed by atoms with Gasteiger partial charge in [-0.1, -0.05) is 0 Å². The van der Waals surface area contributed by atoms with Crippen LogP contribution in [0.25, 0.3) is 0 Å². The van der Waals surface area contributed by atoms with Crippen LogP contribution in [-0.2, 0) is 0 Å². The average molecular weight is 446 g/mol. The molecule has 0 aliphatic rings. The Hall–Kier alpha value is 0.791. The summed E-state index contributed by atoms with van der Waals surface area (Å²) in [5.74, 6) is 0. The first-order chi connectivity index (χ1) is 10.2. The Kier molecular flexibility index (Phi) is 16.0.